The molecule has 0 bridgehead atoms. The SMILES string of the molecule is CCCc1ccc(C(C)NC(=O)Nc2ccc(Cl)cc2F)cc1. The van der Waals surface area contributed by atoms with Crippen molar-refractivity contribution >= 4 is 23.3 Å². The van der Waals surface area contributed by atoms with Crippen molar-refractivity contribution in [2.45, 2.75) is 32.7 Å². The second kappa shape index (κ2) is 7.97. The van der Waals surface area contributed by atoms with Crippen LogP contribution in [0.3, 0.4) is 0 Å². The zero-order chi connectivity index (χ0) is 16.8. The van der Waals surface area contributed by atoms with E-state index in [0.29, 0.717) is 0 Å². The molecule has 0 aliphatic carbocycles. The van der Waals surface area contributed by atoms with E-state index in [0.717, 1.165) is 24.5 Å². The molecule has 0 aliphatic heterocycles. The zero-order valence-corrected chi connectivity index (χ0v) is 14.0. The Labute approximate surface area is 140 Å². The van der Waals surface area contributed by atoms with Crippen molar-refractivity contribution in [1.29, 1.82) is 0 Å². The standard InChI is InChI=1S/C18H20ClFN2O/c1-3-4-13-5-7-14(8-6-13)12(2)21-18(23)22-17-10-9-15(19)11-16(17)20/h5-12H,3-4H2,1-2H3,(H2,21,22,23). The molecule has 2 N–H and O–H groups in total. The molecule has 5 heteroatoms. The number of aryl methyl sites for hydroxylation is 1. The Kier molecular flexibility index (Phi) is 5.99. The highest BCUT2D eigenvalue weighted by Gasteiger charge is 2.11. The van der Waals surface area contributed by atoms with Crippen LogP contribution in [0, 0.1) is 5.82 Å². The summed E-state index contributed by atoms with van der Waals surface area (Å²) in [4.78, 5) is 12.0. The molecule has 0 saturated heterocycles. The molecule has 2 aromatic rings. The highest BCUT2D eigenvalue weighted by molar-refractivity contribution is 6.30. The van der Waals surface area contributed by atoms with Crippen LogP contribution in [0.4, 0.5) is 14.9 Å². The molecule has 1 atom stereocenters. The van der Waals surface area contributed by atoms with E-state index in [-0.39, 0.29) is 16.8 Å². The molecule has 0 saturated carbocycles. The van der Waals surface area contributed by atoms with E-state index in [4.69, 9.17) is 11.6 Å². The van der Waals surface area contributed by atoms with Gasteiger partial charge in [-0.1, -0.05) is 49.2 Å². The fourth-order valence-electron chi connectivity index (χ4n) is 2.29. The van der Waals surface area contributed by atoms with Crippen LogP contribution in [-0.4, -0.2) is 6.03 Å². The number of hydrogen-bond donors (Lipinski definition) is 2. The third-order valence-corrected chi connectivity index (χ3v) is 3.78. The first-order chi connectivity index (χ1) is 11.0. The van der Waals surface area contributed by atoms with Crippen molar-refractivity contribution in [3.8, 4) is 0 Å². The topological polar surface area (TPSA) is 41.1 Å². The van der Waals surface area contributed by atoms with Gasteiger partial charge in [0.15, 0.2) is 0 Å². The second-order valence-electron chi connectivity index (χ2n) is 5.44. The average molecular weight is 335 g/mol. The van der Waals surface area contributed by atoms with Gasteiger partial charge in [0.25, 0.3) is 0 Å². The molecule has 122 valence electrons. The first-order valence-corrected chi connectivity index (χ1v) is 7.98. The Morgan fingerprint density at radius 2 is 1.91 bits per heavy atom. The molecule has 0 aromatic heterocycles. The summed E-state index contributed by atoms with van der Waals surface area (Å²) >= 11 is 5.68. The summed E-state index contributed by atoms with van der Waals surface area (Å²) in [7, 11) is 0. The van der Waals surface area contributed by atoms with Gasteiger partial charge >= 0.3 is 6.03 Å². The number of halogens is 2. The van der Waals surface area contributed by atoms with E-state index in [1.54, 1.807) is 0 Å². The Hall–Kier alpha value is -2.07. The van der Waals surface area contributed by atoms with Crippen molar-refractivity contribution in [3.63, 3.8) is 0 Å². The first-order valence-electron chi connectivity index (χ1n) is 7.61. The summed E-state index contributed by atoms with van der Waals surface area (Å²) in [5.41, 5.74) is 2.37. The third-order valence-electron chi connectivity index (χ3n) is 3.55. The Morgan fingerprint density at radius 1 is 1.22 bits per heavy atom. The summed E-state index contributed by atoms with van der Waals surface area (Å²) in [5, 5.41) is 5.56. The van der Waals surface area contributed by atoms with Gasteiger partial charge in [-0.3, -0.25) is 0 Å². The minimum atomic E-state index is -0.566. The molecule has 0 heterocycles. The number of carbonyl (C=O) groups excluding carboxylic acids is 1. The van der Waals surface area contributed by atoms with E-state index >= 15 is 0 Å². The Balaban J connectivity index is 1.96. The van der Waals surface area contributed by atoms with Gasteiger partial charge in [-0.05, 0) is 42.7 Å². The number of rotatable bonds is 5. The van der Waals surface area contributed by atoms with Gasteiger partial charge in [0.1, 0.15) is 5.82 Å². The van der Waals surface area contributed by atoms with Crippen LogP contribution in [0.15, 0.2) is 42.5 Å². The van der Waals surface area contributed by atoms with Gasteiger partial charge in [-0.2, -0.15) is 0 Å². The van der Waals surface area contributed by atoms with Crippen LogP contribution < -0.4 is 10.6 Å². The van der Waals surface area contributed by atoms with Gasteiger partial charge in [0.2, 0.25) is 0 Å². The van der Waals surface area contributed by atoms with E-state index in [1.807, 2.05) is 19.1 Å². The van der Waals surface area contributed by atoms with Crippen molar-refractivity contribution in [1.82, 2.24) is 5.32 Å². The van der Waals surface area contributed by atoms with E-state index < -0.39 is 11.8 Å². The number of anilines is 1. The summed E-state index contributed by atoms with van der Waals surface area (Å²) in [6, 6.07) is 11.6. The predicted molar refractivity (Wildman–Crippen MR) is 92.4 cm³/mol. The third kappa shape index (κ3) is 4.96. The largest absolute Gasteiger partial charge is 0.331 e. The van der Waals surface area contributed by atoms with Crippen molar-refractivity contribution in [2.75, 3.05) is 5.32 Å². The van der Waals surface area contributed by atoms with E-state index in [9.17, 15) is 9.18 Å². The normalized spacial score (nSPS) is 11.8. The van der Waals surface area contributed by atoms with Gasteiger partial charge in [-0.25, -0.2) is 9.18 Å². The van der Waals surface area contributed by atoms with Crippen LogP contribution in [0.25, 0.3) is 0 Å². The number of nitrogens with one attached hydrogen (secondary N) is 2. The fourth-order valence-corrected chi connectivity index (χ4v) is 2.45. The summed E-state index contributed by atoms with van der Waals surface area (Å²) in [5.74, 6) is -0.566. The maximum Gasteiger partial charge on any atom is 0.319 e. The number of urea groups is 1. The summed E-state index contributed by atoms with van der Waals surface area (Å²) in [6.45, 7) is 4.02. The van der Waals surface area contributed by atoms with Crippen LogP contribution >= 0.6 is 11.6 Å². The molecule has 1 unspecified atom stereocenters. The molecule has 0 fully saturated rings. The monoisotopic (exact) mass is 334 g/mol. The van der Waals surface area contributed by atoms with Crippen LogP contribution in [0.1, 0.15) is 37.4 Å². The lowest BCUT2D eigenvalue weighted by atomic mass is 10.0. The van der Waals surface area contributed by atoms with Gasteiger partial charge in [-0.15, -0.1) is 0 Å². The molecule has 0 radical (unpaired) electrons. The van der Waals surface area contributed by atoms with Crippen molar-refractivity contribution in [3.05, 3.63) is 64.4 Å². The minimum Gasteiger partial charge on any atom is -0.331 e. The lowest BCUT2D eigenvalue weighted by molar-refractivity contribution is 0.249. The molecule has 23 heavy (non-hydrogen) atoms. The molecule has 2 rings (SSSR count). The van der Waals surface area contributed by atoms with E-state index in [2.05, 4.69) is 29.7 Å². The van der Waals surface area contributed by atoms with E-state index in [1.165, 1.54) is 17.7 Å². The average Bonchev–Trinajstić information content (AvgIpc) is 2.51. The fraction of sp³-hybridized carbons (Fsp3) is 0.278. The second-order valence-corrected chi connectivity index (χ2v) is 5.87. The lowest BCUT2D eigenvalue weighted by Crippen LogP contribution is -2.31. The number of amides is 2. The highest BCUT2D eigenvalue weighted by Crippen LogP contribution is 2.19. The maximum atomic E-state index is 13.7. The maximum absolute atomic E-state index is 13.7. The quantitative estimate of drug-likeness (QED) is 0.764. The van der Waals surface area contributed by atoms with Crippen molar-refractivity contribution < 1.29 is 9.18 Å². The lowest BCUT2D eigenvalue weighted by Gasteiger charge is -2.16. The summed E-state index contributed by atoms with van der Waals surface area (Å²) < 4.78 is 13.7. The molecular formula is C18H20ClFN2O. The molecule has 2 amide bonds. The Morgan fingerprint density at radius 3 is 2.52 bits per heavy atom. The van der Waals surface area contributed by atoms with Crippen molar-refractivity contribution in [2.24, 2.45) is 0 Å². The molecule has 2 aromatic carbocycles. The van der Waals surface area contributed by atoms with Crippen LogP contribution in [-0.2, 0) is 6.42 Å². The molecular weight excluding hydrogens is 315 g/mol. The summed E-state index contributed by atoms with van der Waals surface area (Å²) in [6.07, 6.45) is 2.14. The number of benzene rings is 2. The van der Waals surface area contributed by atoms with Crippen LogP contribution in [0.2, 0.25) is 5.02 Å². The minimum absolute atomic E-state index is 0.0948. The highest BCUT2D eigenvalue weighted by atomic mass is 35.5. The number of carbonyl (C=O) groups is 1. The van der Waals surface area contributed by atoms with Gasteiger partial charge in [0.05, 0.1) is 11.7 Å². The number of hydrogen-bond acceptors (Lipinski definition) is 1. The zero-order valence-electron chi connectivity index (χ0n) is 13.2. The first kappa shape index (κ1) is 17.3. The molecule has 0 aliphatic rings. The Bertz CT molecular complexity index is 673. The van der Waals surface area contributed by atoms with Gasteiger partial charge < -0.3 is 10.6 Å². The molecule has 3 nitrogen and oxygen atoms in total. The predicted octanol–water partition coefficient (Wildman–Crippen LogP) is 5.31. The molecule has 0 spiro atoms. The smallest absolute Gasteiger partial charge is 0.319 e. The van der Waals surface area contributed by atoms with Crippen LogP contribution in [0.5, 0.6) is 0 Å². The van der Waals surface area contributed by atoms with Gasteiger partial charge in [0, 0.05) is 5.02 Å².